The zero-order valence-corrected chi connectivity index (χ0v) is 42.4. The smallest absolute Gasteiger partial charge is 0.227 e. The van der Waals surface area contributed by atoms with Crippen molar-refractivity contribution in [2.24, 2.45) is 21.7 Å². The SMILES string of the molecule is CC.CC(C)(C)C(=O)N1CC2(C1)CN(c1ncnc3c1C1(CCC1)CN3c1cc(C#N)ccn1)C2.CC(C)(C)C(=O)N1CCC2(CCN(c3ncnc4c3C3(CCC3)CN4c3cc(C#N)ccn3)C2)C1. The normalized spacial score (nSPS) is 22.7. The van der Waals surface area contributed by atoms with Crippen molar-refractivity contribution in [2.45, 2.75) is 118 Å². The molecule has 70 heavy (non-hydrogen) atoms. The number of fused-ring (bicyclic) bond motifs is 4. The van der Waals surface area contributed by atoms with Gasteiger partial charge >= 0.3 is 0 Å². The van der Waals surface area contributed by atoms with Crippen LogP contribution in [0.1, 0.15) is 129 Å². The molecule has 0 aromatic carbocycles. The predicted molar refractivity (Wildman–Crippen MR) is 269 cm³/mol. The van der Waals surface area contributed by atoms with Crippen LogP contribution >= 0.6 is 0 Å². The number of hydrogen-bond donors (Lipinski definition) is 0. The lowest BCUT2D eigenvalue weighted by molar-refractivity contribution is -0.153. The van der Waals surface area contributed by atoms with Gasteiger partial charge in [-0.15, -0.1) is 0 Å². The molecule has 4 saturated heterocycles. The van der Waals surface area contributed by atoms with Crippen LogP contribution in [-0.4, -0.2) is 117 Å². The molecule has 12 rings (SSSR count). The van der Waals surface area contributed by atoms with Gasteiger partial charge < -0.3 is 29.4 Å². The minimum Gasteiger partial charge on any atom is -0.356 e. The molecule has 16 nitrogen and oxygen atoms in total. The molecule has 16 heteroatoms. The third-order valence-corrected chi connectivity index (χ3v) is 16.5. The first kappa shape index (κ1) is 47.3. The second-order valence-electron chi connectivity index (χ2n) is 23.4. The van der Waals surface area contributed by atoms with E-state index in [0.717, 1.165) is 139 Å². The van der Waals surface area contributed by atoms with Gasteiger partial charge in [0.05, 0.1) is 23.3 Å². The third kappa shape index (κ3) is 7.86. The second-order valence-corrected chi connectivity index (χ2v) is 23.4. The molecule has 6 aliphatic heterocycles. The number of nitriles is 2. The lowest BCUT2D eigenvalue weighted by atomic mass is 9.65. The summed E-state index contributed by atoms with van der Waals surface area (Å²) < 4.78 is 0. The van der Waals surface area contributed by atoms with Gasteiger partial charge in [0.15, 0.2) is 0 Å². The highest BCUT2D eigenvalue weighted by atomic mass is 16.2. The molecule has 4 spiro atoms. The van der Waals surface area contributed by atoms with Crippen LogP contribution in [0, 0.1) is 44.3 Å². The van der Waals surface area contributed by atoms with Crippen LogP contribution in [0.25, 0.3) is 0 Å². The van der Waals surface area contributed by atoms with E-state index < -0.39 is 0 Å². The Bertz CT molecular complexity index is 2780. The van der Waals surface area contributed by atoms with Crippen LogP contribution in [0.5, 0.6) is 0 Å². The van der Waals surface area contributed by atoms with Crippen LogP contribution in [0.15, 0.2) is 49.3 Å². The quantitative estimate of drug-likeness (QED) is 0.193. The van der Waals surface area contributed by atoms with Gasteiger partial charge in [-0.3, -0.25) is 9.59 Å². The number of aromatic nitrogens is 6. The molecule has 0 bridgehead atoms. The summed E-state index contributed by atoms with van der Waals surface area (Å²) in [5.74, 6) is 6.03. The Morgan fingerprint density at radius 1 is 0.529 bits per heavy atom. The molecule has 0 radical (unpaired) electrons. The number of carbonyl (C=O) groups excluding carboxylic acids is 2. The number of pyridine rings is 2. The molecule has 4 aromatic rings. The Labute approximate surface area is 413 Å². The number of anilines is 6. The van der Waals surface area contributed by atoms with E-state index >= 15 is 0 Å². The number of hydrogen-bond acceptors (Lipinski definition) is 14. The summed E-state index contributed by atoms with van der Waals surface area (Å²) in [6.45, 7) is 24.8. The molecular weight excluding hydrogens is 877 g/mol. The molecule has 10 heterocycles. The third-order valence-electron chi connectivity index (χ3n) is 16.5. The Morgan fingerprint density at radius 2 is 0.957 bits per heavy atom. The summed E-state index contributed by atoms with van der Waals surface area (Å²) in [6.07, 6.45) is 15.8. The van der Waals surface area contributed by atoms with E-state index in [0.29, 0.717) is 11.1 Å². The van der Waals surface area contributed by atoms with Crippen molar-refractivity contribution in [3.8, 4) is 12.1 Å². The fraction of sp³-hybridized carbons (Fsp3) is 0.593. The highest BCUT2D eigenvalue weighted by Crippen LogP contribution is 2.59. The number of amides is 2. The van der Waals surface area contributed by atoms with Crippen molar-refractivity contribution in [3.05, 3.63) is 71.6 Å². The summed E-state index contributed by atoms with van der Waals surface area (Å²) in [7, 11) is 0. The molecule has 8 aliphatic rings. The minimum absolute atomic E-state index is 0.0515. The van der Waals surface area contributed by atoms with Crippen molar-refractivity contribution in [1.29, 1.82) is 10.5 Å². The molecule has 6 fully saturated rings. The highest BCUT2D eigenvalue weighted by Gasteiger charge is 2.58. The van der Waals surface area contributed by atoms with Crippen LogP contribution in [0.2, 0.25) is 0 Å². The summed E-state index contributed by atoms with van der Waals surface area (Å²) in [5, 5.41) is 18.7. The van der Waals surface area contributed by atoms with Gasteiger partial charge in [0.2, 0.25) is 11.8 Å². The van der Waals surface area contributed by atoms with Crippen LogP contribution < -0.4 is 19.6 Å². The number of rotatable bonds is 4. The van der Waals surface area contributed by atoms with Gasteiger partial charge in [0, 0.05) is 121 Å². The number of likely N-dealkylation sites (tertiary alicyclic amines) is 2. The van der Waals surface area contributed by atoms with Gasteiger partial charge in [-0.25, -0.2) is 29.9 Å². The Morgan fingerprint density at radius 3 is 1.41 bits per heavy atom. The first-order chi connectivity index (χ1) is 33.5. The zero-order chi connectivity index (χ0) is 49.4. The van der Waals surface area contributed by atoms with Crippen molar-refractivity contribution in [1.82, 2.24) is 39.7 Å². The monoisotopic (exact) mass is 945 g/mol. The van der Waals surface area contributed by atoms with Crippen LogP contribution in [0.4, 0.5) is 34.9 Å². The summed E-state index contributed by atoms with van der Waals surface area (Å²) in [5.41, 5.74) is 3.52. The molecule has 4 aromatic heterocycles. The predicted octanol–water partition coefficient (Wildman–Crippen LogP) is 7.83. The van der Waals surface area contributed by atoms with E-state index in [2.05, 4.69) is 46.6 Å². The Kier molecular flexibility index (Phi) is 11.6. The van der Waals surface area contributed by atoms with Gasteiger partial charge in [-0.1, -0.05) is 68.2 Å². The zero-order valence-electron chi connectivity index (χ0n) is 42.4. The first-order valence-electron chi connectivity index (χ1n) is 25.5. The maximum Gasteiger partial charge on any atom is 0.227 e. The molecule has 1 unspecified atom stereocenters. The fourth-order valence-electron chi connectivity index (χ4n) is 12.7. The van der Waals surface area contributed by atoms with Crippen molar-refractivity contribution < 1.29 is 9.59 Å². The standard InChI is InChI=1S/C27H33N7O.C25H29N7O.C2H6/c1-25(2,3)24(35)33-12-9-26(16-33)8-11-32(15-26)22-21-23(31-18-30-22)34(17-27(21)6-4-7-27)20-13-19(14-28)5-10-29-20;1-23(2,3)22(33)31-13-24(14-31)11-30(12-24)20-19-21(29-16-28-20)32(15-25(19)6-4-7-25)18-9-17(10-26)5-8-27-18;1-2/h5,10,13,18H,4,6-9,11-12,15-17H2,1-3H3;5,8-9,16H,4,6-7,11-15H2,1-3H3;1-2H3. The van der Waals surface area contributed by atoms with Gasteiger partial charge in [-0.05, 0) is 62.8 Å². The molecule has 2 amide bonds. The average Bonchev–Trinajstić information content (AvgIpc) is 4.10. The average molecular weight is 945 g/mol. The van der Waals surface area contributed by atoms with Gasteiger partial charge in [-0.2, -0.15) is 10.5 Å². The molecular formula is C54H68N14O2. The van der Waals surface area contributed by atoms with Crippen molar-refractivity contribution >= 4 is 46.7 Å². The van der Waals surface area contributed by atoms with Gasteiger partial charge in [0.1, 0.15) is 47.6 Å². The first-order valence-corrected chi connectivity index (χ1v) is 25.5. The second kappa shape index (κ2) is 17.2. The molecule has 366 valence electrons. The van der Waals surface area contributed by atoms with Crippen LogP contribution in [0.3, 0.4) is 0 Å². The van der Waals surface area contributed by atoms with Crippen LogP contribution in [-0.2, 0) is 20.4 Å². The Balaban J connectivity index is 0.000000157. The van der Waals surface area contributed by atoms with E-state index in [1.165, 1.54) is 24.0 Å². The lowest BCUT2D eigenvalue weighted by Gasteiger charge is -2.61. The number of carbonyl (C=O) groups is 2. The van der Waals surface area contributed by atoms with E-state index in [1.807, 2.05) is 72.4 Å². The minimum atomic E-state index is -0.339. The maximum atomic E-state index is 12.9. The topological polar surface area (TPSA) is 178 Å². The lowest BCUT2D eigenvalue weighted by Crippen LogP contribution is -2.74. The van der Waals surface area contributed by atoms with Gasteiger partial charge in [0.25, 0.3) is 0 Å². The summed E-state index contributed by atoms with van der Waals surface area (Å²) in [6, 6.07) is 11.6. The van der Waals surface area contributed by atoms with E-state index in [-0.39, 0.29) is 44.3 Å². The van der Waals surface area contributed by atoms with E-state index in [4.69, 9.17) is 19.9 Å². The highest BCUT2D eigenvalue weighted by molar-refractivity contribution is 5.83. The summed E-state index contributed by atoms with van der Waals surface area (Å²) in [4.78, 5) is 67.0. The maximum absolute atomic E-state index is 12.9. The fourth-order valence-corrected chi connectivity index (χ4v) is 12.7. The van der Waals surface area contributed by atoms with E-state index in [9.17, 15) is 20.1 Å². The Hall–Kier alpha value is -6.42. The molecule has 2 saturated carbocycles. The largest absolute Gasteiger partial charge is 0.356 e. The number of nitrogens with zero attached hydrogens (tertiary/aromatic N) is 14. The van der Waals surface area contributed by atoms with Crippen molar-refractivity contribution in [2.75, 3.05) is 85.0 Å². The molecule has 1 atom stereocenters. The van der Waals surface area contributed by atoms with E-state index in [1.54, 1.807) is 37.2 Å². The van der Waals surface area contributed by atoms with Crippen molar-refractivity contribution in [3.63, 3.8) is 0 Å². The molecule has 0 N–H and O–H groups in total. The summed E-state index contributed by atoms with van der Waals surface area (Å²) >= 11 is 0. The molecule has 2 aliphatic carbocycles.